The molecule has 2 aliphatic rings. The van der Waals surface area contributed by atoms with Crippen LogP contribution in [0.1, 0.15) is 42.8 Å². The summed E-state index contributed by atoms with van der Waals surface area (Å²) in [4.78, 5) is 43.7. The number of carbonyl (C=O) groups is 2. The van der Waals surface area contributed by atoms with Crippen LogP contribution >= 0.6 is 11.3 Å². The number of ether oxygens (including phenoxy) is 2. The second kappa shape index (κ2) is 8.17. The molecule has 0 N–H and O–H groups in total. The minimum absolute atomic E-state index is 0.101. The first-order valence-electron chi connectivity index (χ1n) is 11.2. The van der Waals surface area contributed by atoms with Crippen LogP contribution in [0.3, 0.4) is 0 Å². The summed E-state index contributed by atoms with van der Waals surface area (Å²) < 4.78 is 17.8. The molecule has 4 aromatic rings. The number of aromatic nitrogens is 2. The van der Waals surface area contributed by atoms with Crippen molar-refractivity contribution in [3.63, 3.8) is 0 Å². The number of aryl methyl sites for hydroxylation is 1. The average Bonchev–Trinajstić information content (AvgIpc) is 3.58. The Labute approximate surface area is 203 Å². The first kappa shape index (κ1) is 21.8. The van der Waals surface area contributed by atoms with Crippen LogP contribution < -0.4 is 5.76 Å². The fourth-order valence-electron chi connectivity index (χ4n) is 4.66. The van der Waals surface area contributed by atoms with Gasteiger partial charge in [0.2, 0.25) is 0 Å². The van der Waals surface area contributed by atoms with E-state index in [2.05, 4.69) is 4.98 Å². The molecule has 0 spiro atoms. The third-order valence-electron chi connectivity index (χ3n) is 6.66. The second-order valence-corrected chi connectivity index (χ2v) is 9.66. The zero-order valence-electron chi connectivity index (χ0n) is 19.1. The van der Waals surface area contributed by atoms with Crippen molar-refractivity contribution >= 4 is 34.3 Å². The maximum Gasteiger partial charge on any atom is 0.419 e. The van der Waals surface area contributed by atoms with Crippen LogP contribution in [0.25, 0.3) is 21.7 Å². The molecule has 0 saturated carbocycles. The highest BCUT2D eigenvalue weighted by atomic mass is 32.1. The van der Waals surface area contributed by atoms with Gasteiger partial charge in [0.15, 0.2) is 5.58 Å². The maximum atomic E-state index is 13.3. The van der Waals surface area contributed by atoms with Gasteiger partial charge in [-0.05, 0) is 42.3 Å². The van der Waals surface area contributed by atoms with Crippen LogP contribution in [0.2, 0.25) is 0 Å². The Morgan fingerprint density at radius 1 is 1.20 bits per heavy atom. The van der Waals surface area contributed by atoms with Crippen LogP contribution in [-0.2, 0) is 23.1 Å². The average molecular weight is 492 g/mol. The number of benzene rings is 2. The molecule has 35 heavy (non-hydrogen) atoms. The lowest BCUT2D eigenvalue weighted by Gasteiger charge is -2.33. The van der Waals surface area contributed by atoms with E-state index < -0.39 is 5.76 Å². The van der Waals surface area contributed by atoms with Crippen LogP contribution in [0.15, 0.2) is 45.7 Å². The summed E-state index contributed by atoms with van der Waals surface area (Å²) in [5.74, 6) is -0.825. The molecule has 0 unspecified atom stereocenters. The van der Waals surface area contributed by atoms with Gasteiger partial charge in [0.25, 0.3) is 5.91 Å². The summed E-state index contributed by atoms with van der Waals surface area (Å²) in [7, 11) is 1.65. The van der Waals surface area contributed by atoms with E-state index in [1.165, 1.54) is 15.9 Å². The Bertz CT molecular complexity index is 1570. The molecular formula is C25H21N3O6S. The van der Waals surface area contributed by atoms with E-state index in [1.54, 1.807) is 30.3 Å². The van der Waals surface area contributed by atoms with Crippen LogP contribution in [0, 0.1) is 6.92 Å². The number of hydrogen-bond acceptors (Lipinski definition) is 8. The molecule has 178 valence electrons. The predicted molar refractivity (Wildman–Crippen MR) is 127 cm³/mol. The van der Waals surface area contributed by atoms with Crippen molar-refractivity contribution in [3.05, 3.63) is 74.2 Å². The standard InChI is InChI=1S/C25H21N3O6S/c1-13-15(4-5-16-17(13)12-33-24(16)30)20-11-28(7-8-32-20)23(29)21-10-26-22(35-21)14-3-6-19-18(9-14)27(2)25(31)34-19/h3-6,9-10,20H,7-8,11-12H2,1-2H3/t20-/m0/s1. The van der Waals surface area contributed by atoms with Gasteiger partial charge in [0.1, 0.15) is 22.6 Å². The lowest BCUT2D eigenvalue weighted by Crippen LogP contribution is -2.42. The lowest BCUT2D eigenvalue weighted by molar-refractivity contribution is -0.0229. The van der Waals surface area contributed by atoms with Gasteiger partial charge >= 0.3 is 11.7 Å². The molecule has 1 atom stereocenters. The zero-order chi connectivity index (χ0) is 24.3. The van der Waals surface area contributed by atoms with Crippen LogP contribution in [0.4, 0.5) is 0 Å². The normalized spacial score (nSPS) is 17.6. The Morgan fingerprint density at radius 3 is 2.91 bits per heavy atom. The molecule has 0 bridgehead atoms. The molecule has 0 aliphatic carbocycles. The highest BCUT2D eigenvalue weighted by molar-refractivity contribution is 7.16. The molecular weight excluding hydrogens is 470 g/mol. The summed E-state index contributed by atoms with van der Waals surface area (Å²) in [5, 5.41) is 0.688. The highest BCUT2D eigenvalue weighted by Gasteiger charge is 2.31. The zero-order valence-corrected chi connectivity index (χ0v) is 19.9. The van der Waals surface area contributed by atoms with Gasteiger partial charge < -0.3 is 18.8 Å². The van der Waals surface area contributed by atoms with Crippen molar-refractivity contribution in [2.24, 2.45) is 7.05 Å². The van der Waals surface area contributed by atoms with Crippen molar-refractivity contribution in [1.82, 2.24) is 14.5 Å². The van der Waals surface area contributed by atoms with E-state index in [4.69, 9.17) is 13.9 Å². The Kier molecular flexibility index (Phi) is 5.08. The Hall–Kier alpha value is -3.76. The molecule has 2 aromatic carbocycles. The maximum absolute atomic E-state index is 13.3. The first-order valence-corrected chi connectivity index (χ1v) is 12.0. The first-order chi connectivity index (χ1) is 16.9. The highest BCUT2D eigenvalue weighted by Crippen LogP contribution is 2.33. The van der Waals surface area contributed by atoms with Crippen molar-refractivity contribution in [2.75, 3.05) is 19.7 Å². The summed E-state index contributed by atoms with van der Waals surface area (Å²) in [6.45, 7) is 3.54. The Morgan fingerprint density at radius 2 is 2.06 bits per heavy atom. The summed E-state index contributed by atoms with van der Waals surface area (Å²) in [6.07, 6.45) is 1.31. The van der Waals surface area contributed by atoms with Crippen molar-refractivity contribution < 1.29 is 23.5 Å². The van der Waals surface area contributed by atoms with Crippen LogP contribution in [-0.4, -0.2) is 46.0 Å². The van der Waals surface area contributed by atoms with Gasteiger partial charge in [0, 0.05) is 24.7 Å². The van der Waals surface area contributed by atoms with E-state index in [9.17, 15) is 14.4 Å². The lowest BCUT2D eigenvalue weighted by atomic mass is 9.94. The number of amides is 1. The van der Waals surface area contributed by atoms with Crippen molar-refractivity contribution in [2.45, 2.75) is 19.6 Å². The smallest absolute Gasteiger partial charge is 0.419 e. The number of morpholine rings is 1. The molecule has 1 fully saturated rings. The molecule has 0 radical (unpaired) electrons. The predicted octanol–water partition coefficient (Wildman–Crippen LogP) is 3.45. The van der Waals surface area contributed by atoms with E-state index >= 15 is 0 Å². The molecule has 2 aliphatic heterocycles. The van der Waals surface area contributed by atoms with E-state index in [0.29, 0.717) is 46.2 Å². The van der Waals surface area contributed by atoms with E-state index in [1.807, 2.05) is 25.1 Å². The van der Waals surface area contributed by atoms with Gasteiger partial charge in [0.05, 0.1) is 30.4 Å². The van der Waals surface area contributed by atoms with E-state index in [0.717, 1.165) is 22.3 Å². The summed E-state index contributed by atoms with van der Waals surface area (Å²) in [6, 6.07) is 9.07. The van der Waals surface area contributed by atoms with Crippen molar-refractivity contribution in [1.29, 1.82) is 0 Å². The number of oxazole rings is 1. The molecule has 1 amide bonds. The fourth-order valence-corrected chi connectivity index (χ4v) is 5.54. The minimum atomic E-state index is -0.424. The number of fused-ring (bicyclic) bond motifs is 2. The molecule has 6 rings (SSSR count). The number of hydrogen-bond donors (Lipinski definition) is 0. The van der Waals surface area contributed by atoms with Gasteiger partial charge in [-0.3, -0.25) is 9.36 Å². The number of cyclic esters (lactones) is 1. The number of nitrogens with zero attached hydrogens (tertiary/aromatic N) is 3. The number of rotatable bonds is 3. The largest absolute Gasteiger partial charge is 0.457 e. The van der Waals surface area contributed by atoms with E-state index in [-0.39, 0.29) is 24.6 Å². The quantitative estimate of drug-likeness (QED) is 0.404. The van der Waals surface area contributed by atoms with Crippen molar-refractivity contribution in [3.8, 4) is 10.6 Å². The third-order valence-corrected chi connectivity index (χ3v) is 7.70. The number of thiazole rings is 1. The molecule has 4 heterocycles. The topological polar surface area (TPSA) is 104 Å². The molecule has 1 saturated heterocycles. The summed E-state index contributed by atoms with van der Waals surface area (Å²) in [5.41, 5.74) is 5.40. The number of esters is 1. The van der Waals surface area contributed by atoms with Gasteiger partial charge in [-0.1, -0.05) is 6.07 Å². The van der Waals surface area contributed by atoms with Gasteiger partial charge in [-0.2, -0.15) is 0 Å². The van der Waals surface area contributed by atoms with Crippen LogP contribution in [0.5, 0.6) is 0 Å². The molecule has 10 heteroatoms. The number of carbonyl (C=O) groups excluding carboxylic acids is 2. The second-order valence-electron chi connectivity index (χ2n) is 8.63. The SMILES string of the molecule is Cc1c([C@@H]2CN(C(=O)c3cnc(-c4ccc5oc(=O)n(C)c5c4)s3)CCO2)ccc2c1COC2=O. The molecule has 2 aromatic heterocycles. The van der Waals surface area contributed by atoms with Gasteiger partial charge in [-0.25, -0.2) is 14.6 Å². The van der Waals surface area contributed by atoms with Gasteiger partial charge in [-0.15, -0.1) is 11.3 Å². The summed E-state index contributed by atoms with van der Waals surface area (Å²) >= 11 is 1.31. The fraction of sp³-hybridized carbons (Fsp3) is 0.280. The minimum Gasteiger partial charge on any atom is -0.457 e. The molecule has 9 nitrogen and oxygen atoms in total. The monoisotopic (exact) mass is 491 g/mol. The third kappa shape index (κ3) is 3.57. The Balaban J connectivity index is 1.23.